The number of alkyl halides is 3. The monoisotopic (exact) mass is 619 g/mol. The van der Waals surface area contributed by atoms with Gasteiger partial charge in [-0.05, 0) is 36.6 Å². The Morgan fingerprint density at radius 3 is 2.54 bits per heavy atom. The maximum atomic E-state index is 14.8. The van der Waals surface area contributed by atoms with Crippen LogP contribution in [0.15, 0.2) is 41.3 Å². The molecule has 1 unspecified atom stereocenters. The van der Waals surface area contributed by atoms with E-state index in [1.54, 1.807) is 6.92 Å². The Morgan fingerprint density at radius 1 is 1.22 bits per heavy atom. The second-order valence-corrected chi connectivity index (χ2v) is 10.7. The number of hydrogen-bond donors (Lipinski definition) is 2. The molecule has 0 saturated carbocycles. The van der Waals surface area contributed by atoms with Gasteiger partial charge in [-0.1, -0.05) is 11.6 Å². The van der Waals surface area contributed by atoms with Gasteiger partial charge in [-0.3, -0.25) is 9.29 Å². The van der Waals surface area contributed by atoms with Crippen molar-refractivity contribution in [2.24, 2.45) is 0 Å². The highest BCUT2D eigenvalue weighted by molar-refractivity contribution is 7.92. The van der Waals surface area contributed by atoms with Crippen LogP contribution in [0, 0.1) is 5.82 Å². The van der Waals surface area contributed by atoms with E-state index < -0.39 is 69.7 Å². The molecule has 17 heteroatoms. The van der Waals surface area contributed by atoms with Crippen LogP contribution in [-0.4, -0.2) is 58.3 Å². The van der Waals surface area contributed by atoms with Gasteiger partial charge in [0.15, 0.2) is 23.5 Å². The van der Waals surface area contributed by atoms with Crippen LogP contribution in [0.25, 0.3) is 16.5 Å². The van der Waals surface area contributed by atoms with Crippen molar-refractivity contribution in [1.82, 2.24) is 19.3 Å². The van der Waals surface area contributed by atoms with E-state index in [2.05, 4.69) is 14.8 Å². The highest BCUT2D eigenvalue weighted by Crippen LogP contribution is 2.42. The second-order valence-electron chi connectivity index (χ2n) is 8.53. The van der Waals surface area contributed by atoms with E-state index in [9.17, 15) is 35.9 Å². The number of pyridine rings is 1. The number of nitrogens with one attached hydrogen (secondary N) is 1. The van der Waals surface area contributed by atoms with Gasteiger partial charge in [0.2, 0.25) is 15.9 Å². The first-order valence-corrected chi connectivity index (χ1v) is 14.0. The molecule has 41 heavy (non-hydrogen) atoms. The minimum absolute atomic E-state index is 0.00647. The number of aliphatic hydroxyl groups is 1. The lowest BCUT2D eigenvalue weighted by molar-refractivity contribution is -0.000432. The summed E-state index contributed by atoms with van der Waals surface area (Å²) in [6, 6.07) is 5.82. The van der Waals surface area contributed by atoms with E-state index in [1.807, 2.05) is 0 Å². The van der Waals surface area contributed by atoms with Gasteiger partial charge >= 0.3 is 5.69 Å². The lowest BCUT2D eigenvalue weighted by Gasteiger charge is -2.19. The van der Waals surface area contributed by atoms with Crippen LogP contribution < -0.4 is 19.9 Å². The Morgan fingerprint density at radius 2 is 1.95 bits per heavy atom. The maximum absolute atomic E-state index is 14.8. The Bertz CT molecular complexity index is 1770. The molecule has 220 valence electrons. The normalized spacial score (nSPS) is 12.6. The topological polar surface area (TPSA) is 138 Å². The predicted molar refractivity (Wildman–Crippen MR) is 141 cm³/mol. The largest absolute Gasteiger partial charge is 0.481 e. The Labute approximate surface area is 234 Å². The summed E-state index contributed by atoms with van der Waals surface area (Å²) in [6.07, 6.45) is -3.43. The first-order valence-electron chi connectivity index (χ1n) is 11.8. The molecule has 2 aromatic carbocycles. The lowest BCUT2D eigenvalue weighted by atomic mass is 10.1. The molecular formula is C24H22ClF4N5O6S. The molecule has 2 aromatic heterocycles. The first kappa shape index (κ1) is 30.1. The molecule has 4 aromatic rings. The molecule has 0 bridgehead atoms. The van der Waals surface area contributed by atoms with Gasteiger partial charge in [-0.2, -0.15) is 4.68 Å². The molecule has 2 N–H and O–H groups in total. The summed E-state index contributed by atoms with van der Waals surface area (Å²) >= 11 is 6.21. The number of benzene rings is 2. The number of ether oxygens (including phenoxy) is 2. The summed E-state index contributed by atoms with van der Waals surface area (Å²) in [4.78, 5) is 16.9. The molecule has 4 rings (SSSR count). The number of aliphatic hydroxyl groups excluding tert-OH is 1. The Kier molecular flexibility index (Phi) is 8.74. The van der Waals surface area contributed by atoms with Gasteiger partial charge in [0.05, 0.1) is 23.0 Å². The summed E-state index contributed by atoms with van der Waals surface area (Å²) < 4.78 is 93.8. The van der Waals surface area contributed by atoms with Crippen LogP contribution in [0.1, 0.15) is 12.7 Å². The quantitative estimate of drug-likeness (QED) is 0.240. The summed E-state index contributed by atoms with van der Waals surface area (Å²) in [5.74, 6) is -2.49. The second kappa shape index (κ2) is 11.9. The fraction of sp³-hybridized carbons (Fsp3) is 0.292. The zero-order valence-electron chi connectivity index (χ0n) is 21.3. The van der Waals surface area contributed by atoms with Crippen LogP contribution in [0.3, 0.4) is 0 Å². The van der Waals surface area contributed by atoms with Crippen LogP contribution in [0.4, 0.5) is 23.2 Å². The zero-order valence-corrected chi connectivity index (χ0v) is 22.9. The van der Waals surface area contributed by atoms with Gasteiger partial charge in [0.25, 0.3) is 6.43 Å². The third kappa shape index (κ3) is 6.23. The van der Waals surface area contributed by atoms with E-state index in [0.29, 0.717) is 0 Å². The Balaban J connectivity index is 1.94. The molecular weight excluding hydrogens is 598 g/mol. The van der Waals surface area contributed by atoms with Crippen molar-refractivity contribution in [3.63, 3.8) is 0 Å². The smallest absolute Gasteiger partial charge is 0.350 e. The average Bonchev–Trinajstić information content (AvgIpc) is 3.25. The third-order valence-corrected chi connectivity index (χ3v) is 6.64. The number of rotatable bonds is 11. The van der Waals surface area contributed by atoms with Crippen molar-refractivity contribution in [2.75, 3.05) is 17.7 Å². The number of fused-ring (bicyclic) bond motifs is 1. The predicted octanol–water partition coefficient (Wildman–Crippen LogP) is 4.03. The zero-order chi connectivity index (χ0) is 30.1. The molecule has 0 radical (unpaired) electrons. The van der Waals surface area contributed by atoms with Crippen molar-refractivity contribution >= 4 is 38.1 Å². The molecule has 0 aliphatic heterocycles. The van der Waals surface area contributed by atoms with Gasteiger partial charge in [0, 0.05) is 18.8 Å². The van der Waals surface area contributed by atoms with E-state index in [4.69, 9.17) is 21.1 Å². The van der Waals surface area contributed by atoms with Crippen LogP contribution in [-0.2, 0) is 23.2 Å². The summed E-state index contributed by atoms with van der Waals surface area (Å²) in [5.41, 5.74) is -0.871. The van der Waals surface area contributed by atoms with Crippen molar-refractivity contribution in [3.05, 3.63) is 63.7 Å². The van der Waals surface area contributed by atoms with Crippen molar-refractivity contribution in [1.29, 1.82) is 0 Å². The standard InChI is InChI=1S/C24H22ClF4N5O6S/c1-3-33-18(11-35)31-34(24(33)36)13-8-12-6-7-30-23(19(12)16(9-13)39-17(10-26)22(28)29)40-21-14(27)4-5-15(20(21)25)32-41(2,37)38/h4-9,17,22,32,35H,3,10-11H2,1-2H3. The number of anilines is 1. The van der Waals surface area contributed by atoms with Crippen LogP contribution in [0.5, 0.6) is 17.4 Å². The molecule has 0 fully saturated rings. The SMILES string of the molecule is CCn1c(CO)nn(-c2cc(OC(CF)C(F)F)c3c(Oc4c(F)ccc(NS(C)(=O)=O)c4Cl)nccc3c2)c1=O. The van der Waals surface area contributed by atoms with Gasteiger partial charge in [0.1, 0.15) is 24.1 Å². The average molecular weight is 620 g/mol. The summed E-state index contributed by atoms with van der Waals surface area (Å²) in [6.45, 7) is -0.333. The van der Waals surface area contributed by atoms with Crippen molar-refractivity contribution < 1.29 is 40.6 Å². The highest BCUT2D eigenvalue weighted by atomic mass is 35.5. The Hall–Kier alpha value is -3.89. The fourth-order valence-electron chi connectivity index (χ4n) is 3.88. The van der Waals surface area contributed by atoms with Crippen LogP contribution in [0.2, 0.25) is 5.02 Å². The summed E-state index contributed by atoms with van der Waals surface area (Å²) in [5, 5.41) is 13.2. The van der Waals surface area contributed by atoms with E-state index >= 15 is 0 Å². The minimum atomic E-state index is -3.81. The molecule has 0 spiro atoms. The number of hydrogen-bond acceptors (Lipinski definition) is 8. The molecule has 0 aliphatic carbocycles. The third-order valence-electron chi connectivity index (χ3n) is 5.67. The number of halogens is 5. The molecule has 0 saturated heterocycles. The van der Waals surface area contributed by atoms with Crippen LogP contribution >= 0.6 is 11.6 Å². The maximum Gasteiger partial charge on any atom is 0.350 e. The van der Waals surface area contributed by atoms with E-state index in [-0.39, 0.29) is 34.5 Å². The van der Waals surface area contributed by atoms with Crippen molar-refractivity contribution in [2.45, 2.75) is 32.6 Å². The van der Waals surface area contributed by atoms with E-state index in [1.165, 1.54) is 22.9 Å². The molecule has 1 atom stereocenters. The van der Waals surface area contributed by atoms with Gasteiger partial charge in [-0.25, -0.2) is 35.8 Å². The molecule has 11 nitrogen and oxygen atoms in total. The number of nitrogens with zero attached hydrogens (tertiary/aromatic N) is 4. The number of sulfonamides is 1. The van der Waals surface area contributed by atoms with Crippen molar-refractivity contribution in [3.8, 4) is 23.1 Å². The summed E-state index contributed by atoms with van der Waals surface area (Å²) in [7, 11) is -3.81. The lowest BCUT2D eigenvalue weighted by Crippen LogP contribution is -2.28. The van der Waals surface area contributed by atoms with Gasteiger partial charge < -0.3 is 14.6 Å². The molecule has 0 amide bonds. The van der Waals surface area contributed by atoms with E-state index in [0.717, 1.165) is 29.1 Å². The fourth-order valence-corrected chi connectivity index (χ4v) is 4.74. The first-order chi connectivity index (χ1) is 19.4. The highest BCUT2D eigenvalue weighted by Gasteiger charge is 2.26. The minimum Gasteiger partial charge on any atom is -0.481 e. The molecule has 0 aliphatic rings. The molecule has 2 heterocycles. The van der Waals surface area contributed by atoms with Gasteiger partial charge in [-0.15, -0.1) is 5.10 Å². The number of aromatic nitrogens is 4.